The lowest BCUT2D eigenvalue weighted by atomic mass is 10.2. The molecule has 0 aliphatic heterocycles. The Kier molecular flexibility index (Phi) is 7.75. The van der Waals surface area contributed by atoms with Gasteiger partial charge in [0.15, 0.2) is 5.09 Å². The molecule has 0 aliphatic carbocycles. The largest absolute Gasteiger partial charge is 0.497 e. The maximum Gasteiger partial charge on any atom is 0.262 e. The number of methoxy groups -OCH3 is 1. The Hall–Kier alpha value is -2.79. The molecule has 10 heteroatoms. The van der Waals surface area contributed by atoms with Crippen LogP contribution in [-0.4, -0.2) is 42.7 Å². The first-order valence-corrected chi connectivity index (χ1v) is 11.7. The van der Waals surface area contributed by atoms with Crippen molar-refractivity contribution in [1.29, 1.82) is 0 Å². The van der Waals surface area contributed by atoms with Crippen molar-refractivity contribution in [2.24, 2.45) is 0 Å². The molecule has 0 saturated heterocycles. The number of amides is 1. The van der Waals surface area contributed by atoms with Gasteiger partial charge in [-0.2, -0.15) is 4.31 Å². The number of carbonyl (C=O) groups is 1. The van der Waals surface area contributed by atoms with Crippen molar-refractivity contribution in [3.8, 4) is 5.75 Å². The van der Waals surface area contributed by atoms with E-state index in [4.69, 9.17) is 9.15 Å². The van der Waals surface area contributed by atoms with Gasteiger partial charge >= 0.3 is 0 Å². The van der Waals surface area contributed by atoms with E-state index in [9.17, 15) is 18.4 Å². The zero-order chi connectivity index (χ0) is 22.3. The standard InChI is InChI=1S/C21H22N2O6S2/c1-28-17-9-11-18(12-10-17)31(26,27)23(14-16-6-3-2-4-7-16)19(21(24)22-25)15-30-20-8-5-13-29-20/h2-13,19,25H,14-15H2,1H3,(H,22,24). The molecule has 31 heavy (non-hydrogen) atoms. The van der Waals surface area contributed by atoms with Gasteiger partial charge in [0.2, 0.25) is 10.0 Å². The number of sulfonamides is 1. The molecular weight excluding hydrogens is 440 g/mol. The number of hydrogen-bond acceptors (Lipinski definition) is 7. The quantitative estimate of drug-likeness (QED) is 0.271. The highest BCUT2D eigenvalue weighted by Gasteiger charge is 2.36. The van der Waals surface area contributed by atoms with Gasteiger partial charge in [-0.3, -0.25) is 10.0 Å². The molecule has 1 atom stereocenters. The van der Waals surface area contributed by atoms with Crippen LogP contribution in [0.3, 0.4) is 0 Å². The fourth-order valence-electron chi connectivity index (χ4n) is 2.88. The molecule has 164 valence electrons. The summed E-state index contributed by atoms with van der Waals surface area (Å²) in [5.74, 6) is -0.305. The fraction of sp³-hybridized carbons (Fsp3) is 0.190. The number of hydroxylamine groups is 1. The number of benzene rings is 2. The van der Waals surface area contributed by atoms with Crippen LogP contribution in [-0.2, 0) is 21.4 Å². The third kappa shape index (κ3) is 5.67. The highest BCUT2D eigenvalue weighted by Crippen LogP contribution is 2.27. The second kappa shape index (κ2) is 10.5. The van der Waals surface area contributed by atoms with Gasteiger partial charge in [0.25, 0.3) is 5.91 Å². The molecule has 0 radical (unpaired) electrons. The molecule has 0 bridgehead atoms. The zero-order valence-electron chi connectivity index (χ0n) is 16.7. The Morgan fingerprint density at radius 2 is 1.84 bits per heavy atom. The average molecular weight is 463 g/mol. The summed E-state index contributed by atoms with van der Waals surface area (Å²) in [6, 6.07) is 17.0. The lowest BCUT2D eigenvalue weighted by molar-refractivity contribution is -0.132. The van der Waals surface area contributed by atoms with Crippen molar-refractivity contribution >= 4 is 27.7 Å². The summed E-state index contributed by atoms with van der Waals surface area (Å²) in [4.78, 5) is 12.6. The molecule has 1 unspecified atom stereocenters. The minimum Gasteiger partial charge on any atom is -0.497 e. The van der Waals surface area contributed by atoms with Crippen LogP contribution in [0.1, 0.15) is 5.56 Å². The molecule has 8 nitrogen and oxygen atoms in total. The molecule has 1 amide bonds. The average Bonchev–Trinajstić information content (AvgIpc) is 3.32. The van der Waals surface area contributed by atoms with Crippen LogP contribution >= 0.6 is 11.8 Å². The third-order valence-corrected chi connectivity index (χ3v) is 7.35. The lowest BCUT2D eigenvalue weighted by Gasteiger charge is -2.29. The predicted molar refractivity (Wildman–Crippen MR) is 115 cm³/mol. The summed E-state index contributed by atoms with van der Waals surface area (Å²) in [7, 11) is -2.62. The third-order valence-electron chi connectivity index (χ3n) is 4.49. The number of thioether (sulfide) groups is 1. The summed E-state index contributed by atoms with van der Waals surface area (Å²) in [5, 5.41) is 9.84. The van der Waals surface area contributed by atoms with Gasteiger partial charge in [0.1, 0.15) is 11.8 Å². The SMILES string of the molecule is COc1ccc(S(=O)(=O)N(Cc2ccccc2)C(CSc2ccco2)C(=O)NO)cc1. The molecule has 3 rings (SSSR count). The van der Waals surface area contributed by atoms with Crippen LogP contribution in [0.4, 0.5) is 0 Å². The normalized spacial score (nSPS) is 12.5. The first-order valence-electron chi connectivity index (χ1n) is 9.26. The molecular formula is C21H22N2O6S2. The Morgan fingerprint density at radius 1 is 1.13 bits per heavy atom. The lowest BCUT2D eigenvalue weighted by Crippen LogP contribution is -2.50. The molecule has 0 fully saturated rings. The predicted octanol–water partition coefficient (Wildman–Crippen LogP) is 3.15. The number of ether oxygens (including phenoxy) is 1. The number of hydrogen-bond donors (Lipinski definition) is 2. The molecule has 0 aliphatic rings. The summed E-state index contributed by atoms with van der Waals surface area (Å²) >= 11 is 1.17. The number of furan rings is 1. The van der Waals surface area contributed by atoms with Gasteiger partial charge in [-0.1, -0.05) is 42.1 Å². The van der Waals surface area contributed by atoms with E-state index in [1.165, 1.54) is 49.4 Å². The Bertz CT molecular complexity index is 1070. The minimum absolute atomic E-state index is 0.00275. The monoisotopic (exact) mass is 462 g/mol. The highest BCUT2D eigenvalue weighted by molar-refractivity contribution is 7.99. The van der Waals surface area contributed by atoms with Crippen molar-refractivity contribution in [2.75, 3.05) is 12.9 Å². The molecule has 1 aromatic heterocycles. The number of nitrogens with zero attached hydrogens (tertiary/aromatic N) is 1. The van der Waals surface area contributed by atoms with Crippen molar-refractivity contribution < 1.29 is 27.6 Å². The van der Waals surface area contributed by atoms with Crippen molar-refractivity contribution in [3.63, 3.8) is 0 Å². The van der Waals surface area contributed by atoms with Crippen LogP contribution in [0.15, 0.2) is 87.4 Å². The molecule has 0 saturated carbocycles. The molecule has 3 aromatic rings. The molecule has 2 N–H and O–H groups in total. The number of carbonyl (C=O) groups excluding carboxylic acids is 1. The molecule has 1 heterocycles. The maximum atomic E-state index is 13.6. The molecule has 2 aromatic carbocycles. The summed E-state index contributed by atoms with van der Waals surface area (Å²) in [6.07, 6.45) is 1.49. The smallest absolute Gasteiger partial charge is 0.262 e. The van der Waals surface area contributed by atoms with Gasteiger partial charge in [-0.15, -0.1) is 0 Å². The Morgan fingerprint density at radius 3 is 2.42 bits per heavy atom. The van der Waals surface area contributed by atoms with Crippen LogP contribution < -0.4 is 10.2 Å². The zero-order valence-corrected chi connectivity index (χ0v) is 18.3. The number of rotatable bonds is 10. The van der Waals surface area contributed by atoms with Gasteiger partial charge < -0.3 is 9.15 Å². The summed E-state index contributed by atoms with van der Waals surface area (Å²) in [5.41, 5.74) is 2.29. The van der Waals surface area contributed by atoms with E-state index in [-0.39, 0.29) is 17.2 Å². The van der Waals surface area contributed by atoms with Crippen LogP contribution in [0, 0.1) is 0 Å². The first-order chi connectivity index (χ1) is 15.0. The van der Waals surface area contributed by atoms with E-state index in [0.29, 0.717) is 16.4 Å². The maximum absolute atomic E-state index is 13.6. The fourth-order valence-corrected chi connectivity index (χ4v) is 5.50. The second-order valence-electron chi connectivity index (χ2n) is 6.45. The van der Waals surface area contributed by atoms with Crippen LogP contribution in [0.2, 0.25) is 0 Å². The highest BCUT2D eigenvalue weighted by atomic mass is 32.2. The van der Waals surface area contributed by atoms with E-state index in [1.807, 2.05) is 6.07 Å². The summed E-state index contributed by atoms with van der Waals surface area (Å²) < 4.78 is 38.6. The van der Waals surface area contributed by atoms with Gasteiger partial charge in [-0.25, -0.2) is 13.9 Å². The number of nitrogens with one attached hydrogen (secondary N) is 1. The van der Waals surface area contributed by atoms with Crippen molar-refractivity contribution in [1.82, 2.24) is 9.79 Å². The second-order valence-corrected chi connectivity index (χ2v) is 9.36. The summed E-state index contributed by atoms with van der Waals surface area (Å²) in [6.45, 7) is -0.0635. The van der Waals surface area contributed by atoms with Gasteiger partial charge in [-0.05, 0) is 42.0 Å². The van der Waals surface area contributed by atoms with Gasteiger partial charge in [0.05, 0.1) is 18.3 Å². The van der Waals surface area contributed by atoms with Gasteiger partial charge in [0, 0.05) is 12.3 Å². The minimum atomic E-state index is -4.11. The van der Waals surface area contributed by atoms with Crippen molar-refractivity contribution in [3.05, 3.63) is 78.6 Å². The van der Waals surface area contributed by atoms with E-state index >= 15 is 0 Å². The van der Waals surface area contributed by atoms with E-state index in [0.717, 1.165) is 4.31 Å². The Labute approximate surface area is 184 Å². The van der Waals surface area contributed by atoms with E-state index in [1.54, 1.807) is 41.9 Å². The van der Waals surface area contributed by atoms with Crippen molar-refractivity contribution in [2.45, 2.75) is 22.6 Å². The van der Waals surface area contributed by atoms with E-state index in [2.05, 4.69) is 0 Å². The van der Waals surface area contributed by atoms with E-state index < -0.39 is 22.0 Å². The first kappa shape index (κ1) is 22.9. The molecule has 0 spiro atoms. The van der Waals surface area contributed by atoms with Crippen LogP contribution in [0.25, 0.3) is 0 Å². The Balaban J connectivity index is 2.00. The topological polar surface area (TPSA) is 109 Å². The van der Waals surface area contributed by atoms with Crippen LogP contribution in [0.5, 0.6) is 5.75 Å².